The summed E-state index contributed by atoms with van der Waals surface area (Å²) < 4.78 is 5.03. The van der Waals surface area contributed by atoms with E-state index < -0.39 is 0 Å². The molecule has 0 aliphatic carbocycles. The number of hydrogen-bond donors (Lipinski definition) is 2. The summed E-state index contributed by atoms with van der Waals surface area (Å²) in [5, 5.41) is 23.5. The van der Waals surface area contributed by atoms with Crippen molar-refractivity contribution in [3.8, 4) is 17.0 Å². The number of nitrogens with zero attached hydrogens (tertiary/aromatic N) is 2. The van der Waals surface area contributed by atoms with Crippen molar-refractivity contribution in [1.29, 1.82) is 0 Å². The van der Waals surface area contributed by atoms with E-state index in [1.807, 2.05) is 42.5 Å². The number of aromatic hydroxyl groups is 1. The van der Waals surface area contributed by atoms with Crippen LogP contribution in [-0.4, -0.2) is 27.9 Å². The highest BCUT2D eigenvalue weighted by Crippen LogP contribution is 2.31. The Kier molecular flexibility index (Phi) is 5.07. The van der Waals surface area contributed by atoms with Gasteiger partial charge in [-0.1, -0.05) is 42.5 Å². The summed E-state index contributed by atoms with van der Waals surface area (Å²) in [4.78, 5) is 11.9. The normalized spacial score (nSPS) is 10.7. The zero-order valence-electron chi connectivity index (χ0n) is 15.8. The van der Waals surface area contributed by atoms with Crippen molar-refractivity contribution in [2.24, 2.45) is 0 Å². The largest absolute Gasteiger partial charge is 0.508 e. The molecular formula is C23H19N3O3. The lowest BCUT2D eigenvalue weighted by Crippen LogP contribution is -2.04. The zero-order chi connectivity index (χ0) is 20.2. The number of phenolic OH excluding ortho intramolecular Hbond substituents is 1. The smallest absolute Gasteiger partial charge is 0.338 e. The van der Waals surface area contributed by atoms with Gasteiger partial charge in [-0.3, -0.25) is 0 Å². The molecule has 0 atom stereocenters. The number of hydrogen-bond acceptors (Lipinski definition) is 6. The van der Waals surface area contributed by atoms with E-state index in [-0.39, 0.29) is 11.7 Å². The molecule has 0 amide bonds. The number of benzene rings is 3. The predicted molar refractivity (Wildman–Crippen MR) is 112 cm³/mol. The molecule has 3 aromatic carbocycles. The minimum atomic E-state index is -0.347. The van der Waals surface area contributed by atoms with Crippen LogP contribution in [0, 0.1) is 0 Å². The summed E-state index contributed by atoms with van der Waals surface area (Å²) in [7, 11) is 0. The maximum atomic E-state index is 11.9. The third kappa shape index (κ3) is 3.87. The van der Waals surface area contributed by atoms with Crippen LogP contribution in [0.3, 0.4) is 0 Å². The Morgan fingerprint density at radius 2 is 1.72 bits per heavy atom. The van der Waals surface area contributed by atoms with E-state index in [0.29, 0.717) is 18.0 Å². The van der Waals surface area contributed by atoms with E-state index in [1.54, 1.807) is 37.3 Å². The zero-order valence-corrected chi connectivity index (χ0v) is 15.8. The minimum absolute atomic E-state index is 0.172. The van der Waals surface area contributed by atoms with Gasteiger partial charge in [-0.05, 0) is 31.2 Å². The van der Waals surface area contributed by atoms with Gasteiger partial charge in [0, 0.05) is 28.1 Å². The Morgan fingerprint density at radius 3 is 2.45 bits per heavy atom. The van der Waals surface area contributed by atoms with Crippen LogP contribution < -0.4 is 5.32 Å². The molecule has 0 unspecified atom stereocenters. The lowest BCUT2D eigenvalue weighted by Gasteiger charge is -2.11. The Hall–Kier alpha value is -3.93. The van der Waals surface area contributed by atoms with Gasteiger partial charge in [0.05, 0.1) is 12.2 Å². The topological polar surface area (TPSA) is 84.3 Å². The Morgan fingerprint density at radius 1 is 0.966 bits per heavy atom. The maximum Gasteiger partial charge on any atom is 0.338 e. The quantitative estimate of drug-likeness (QED) is 0.474. The third-order valence-electron chi connectivity index (χ3n) is 4.47. The van der Waals surface area contributed by atoms with Crippen molar-refractivity contribution in [3.63, 3.8) is 0 Å². The predicted octanol–water partition coefficient (Wildman–Crippen LogP) is 4.92. The van der Waals surface area contributed by atoms with E-state index >= 15 is 0 Å². The SMILES string of the molecule is CCOC(=O)c1ccc(-c2nnc(Nc3cccc(O)c3)c3ccccc23)cc1. The highest BCUT2D eigenvalue weighted by atomic mass is 16.5. The molecule has 144 valence electrons. The van der Waals surface area contributed by atoms with Crippen molar-refractivity contribution < 1.29 is 14.6 Å². The average molecular weight is 385 g/mol. The molecule has 0 fully saturated rings. The summed E-state index contributed by atoms with van der Waals surface area (Å²) in [6.45, 7) is 2.12. The molecule has 0 saturated heterocycles. The first-order valence-corrected chi connectivity index (χ1v) is 9.24. The van der Waals surface area contributed by atoms with Gasteiger partial charge < -0.3 is 15.2 Å². The maximum absolute atomic E-state index is 11.9. The van der Waals surface area contributed by atoms with Crippen LogP contribution in [0.25, 0.3) is 22.0 Å². The third-order valence-corrected chi connectivity index (χ3v) is 4.47. The number of esters is 1. The molecule has 29 heavy (non-hydrogen) atoms. The second-order valence-corrected chi connectivity index (χ2v) is 6.42. The van der Waals surface area contributed by atoms with E-state index in [2.05, 4.69) is 15.5 Å². The molecule has 2 N–H and O–H groups in total. The lowest BCUT2D eigenvalue weighted by atomic mass is 10.0. The molecule has 0 aliphatic rings. The number of carbonyl (C=O) groups excluding carboxylic acids is 1. The Bertz CT molecular complexity index is 1170. The van der Waals surface area contributed by atoms with Gasteiger partial charge >= 0.3 is 5.97 Å². The van der Waals surface area contributed by atoms with Gasteiger partial charge in [0.1, 0.15) is 11.4 Å². The molecule has 0 radical (unpaired) electrons. The number of phenols is 1. The first-order valence-electron chi connectivity index (χ1n) is 9.24. The fourth-order valence-electron chi connectivity index (χ4n) is 3.11. The van der Waals surface area contributed by atoms with Crippen LogP contribution in [0.1, 0.15) is 17.3 Å². The monoisotopic (exact) mass is 385 g/mol. The van der Waals surface area contributed by atoms with E-state index in [4.69, 9.17) is 4.74 Å². The number of rotatable bonds is 5. The van der Waals surface area contributed by atoms with Crippen LogP contribution in [0.15, 0.2) is 72.8 Å². The Labute approximate surface area is 167 Å². The number of fused-ring (bicyclic) bond motifs is 1. The van der Waals surface area contributed by atoms with Crippen molar-refractivity contribution >= 4 is 28.2 Å². The molecule has 0 aliphatic heterocycles. The standard InChI is InChI=1S/C23H19N3O3/c1-2-29-23(28)16-12-10-15(11-13-16)21-19-8-3-4-9-20(19)22(26-25-21)24-17-6-5-7-18(27)14-17/h3-14,27H,2H2,1H3,(H,24,26). The number of anilines is 2. The van der Waals surface area contributed by atoms with Crippen molar-refractivity contribution in [2.75, 3.05) is 11.9 Å². The lowest BCUT2D eigenvalue weighted by molar-refractivity contribution is 0.0526. The summed E-state index contributed by atoms with van der Waals surface area (Å²) in [6.07, 6.45) is 0. The van der Waals surface area contributed by atoms with Crippen molar-refractivity contribution in [3.05, 3.63) is 78.4 Å². The first kappa shape index (κ1) is 18.4. The first-order chi connectivity index (χ1) is 14.2. The van der Waals surface area contributed by atoms with Crippen molar-refractivity contribution in [1.82, 2.24) is 10.2 Å². The fourth-order valence-corrected chi connectivity index (χ4v) is 3.11. The highest BCUT2D eigenvalue weighted by Gasteiger charge is 2.13. The van der Waals surface area contributed by atoms with Gasteiger partial charge in [-0.2, -0.15) is 0 Å². The number of ether oxygens (including phenoxy) is 1. The van der Waals surface area contributed by atoms with Gasteiger partial charge in [0.15, 0.2) is 5.82 Å². The van der Waals surface area contributed by atoms with E-state index in [0.717, 1.165) is 27.7 Å². The second-order valence-electron chi connectivity index (χ2n) is 6.42. The summed E-state index contributed by atoms with van der Waals surface area (Å²) in [5.41, 5.74) is 2.79. The van der Waals surface area contributed by atoms with Gasteiger partial charge in [-0.15, -0.1) is 10.2 Å². The van der Waals surface area contributed by atoms with E-state index in [9.17, 15) is 9.90 Å². The summed E-state index contributed by atoms with van der Waals surface area (Å²) in [6, 6.07) is 21.8. The van der Waals surface area contributed by atoms with Gasteiger partial charge in [-0.25, -0.2) is 4.79 Å². The number of carbonyl (C=O) groups is 1. The average Bonchev–Trinajstić information content (AvgIpc) is 2.74. The van der Waals surface area contributed by atoms with Crippen LogP contribution in [0.2, 0.25) is 0 Å². The second kappa shape index (κ2) is 7.98. The van der Waals surface area contributed by atoms with Gasteiger partial charge in [0.25, 0.3) is 0 Å². The van der Waals surface area contributed by atoms with E-state index in [1.165, 1.54) is 0 Å². The fraction of sp³-hybridized carbons (Fsp3) is 0.0870. The molecule has 0 saturated carbocycles. The molecule has 0 bridgehead atoms. The Balaban J connectivity index is 1.72. The summed E-state index contributed by atoms with van der Waals surface area (Å²) in [5.74, 6) is 0.421. The van der Waals surface area contributed by atoms with Crippen LogP contribution in [0.4, 0.5) is 11.5 Å². The number of aromatic nitrogens is 2. The molecule has 4 aromatic rings. The minimum Gasteiger partial charge on any atom is -0.508 e. The van der Waals surface area contributed by atoms with Crippen LogP contribution >= 0.6 is 0 Å². The van der Waals surface area contributed by atoms with Crippen LogP contribution in [-0.2, 0) is 4.74 Å². The van der Waals surface area contributed by atoms with Crippen LogP contribution in [0.5, 0.6) is 5.75 Å². The molecule has 4 rings (SSSR count). The highest BCUT2D eigenvalue weighted by molar-refractivity contribution is 6.01. The molecule has 0 spiro atoms. The van der Waals surface area contributed by atoms with Gasteiger partial charge in [0.2, 0.25) is 0 Å². The molecule has 6 heteroatoms. The molecule has 1 aromatic heterocycles. The molecular weight excluding hydrogens is 366 g/mol. The number of nitrogens with one attached hydrogen (secondary N) is 1. The summed E-state index contributed by atoms with van der Waals surface area (Å²) >= 11 is 0. The van der Waals surface area contributed by atoms with Crippen molar-refractivity contribution in [2.45, 2.75) is 6.92 Å². The molecule has 1 heterocycles. The molecule has 6 nitrogen and oxygen atoms in total.